The predicted octanol–water partition coefficient (Wildman–Crippen LogP) is 2.86. The number of fused-ring (bicyclic) bond motifs is 3. The number of benzene rings is 2. The molecular weight excluding hydrogens is 280 g/mol. The highest BCUT2D eigenvalue weighted by Gasteiger charge is 2.30. The van der Waals surface area contributed by atoms with Crippen molar-refractivity contribution in [1.82, 2.24) is 10.2 Å². The first-order valence-electron chi connectivity index (χ1n) is 7.11. The van der Waals surface area contributed by atoms with Crippen LogP contribution in [0, 0.1) is 6.92 Å². The van der Waals surface area contributed by atoms with E-state index in [1.165, 1.54) is 27.8 Å². The number of H-pyrrole nitrogens is 1. The van der Waals surface area contributed by atoms with Crippen LogP contribution in [0.5, 0.6) is 6.08 Å². The van der Waals surface area contributed by atoms with E-state index in [1.54, 1.807) is 0 Å². The lowest BCUT2D eigenvalue weighted by Crippen LogP contribution is -2.09. The average molecular weight is 294 g/mol. The third-order valence-corrected chi connectivity index (χ3v) is 4.08. The van der Waals surface area contributed by atoms with Crippen LogP contribution >= 0.6 is 0 Å². The summed E-state index contributed by atoms with van der Waals surface area (Å²) in [6.07, 6.45) is -0.0245. The van der Waals surface area contributed by atoms with Gasteiger partial charge in [0.15, 0.2) is 0 Å². The van der Waals surface area contributed by atoms with Gasteiger partial charge < -0.3 is 9.15 Å². The smallest absolute Gasteiger partial charge is 0.436 e. The van der Waals surface area contributed by atoms with Crippen molar-refractivity contribution >= 4 is 0 Å². The van der Waals surface area contributed by atoms with E-state index in [0.29, 0.717) is 6.61 Å². The maximum atomic E-state index is 11.0. The lowest BCUT2D eigenvalue weighted by atomic mass is 9.97. The van der Waals surface area contributed by atoms with Gasteiger partial charge in [-0.05, 0) is 34.7 Å². The van der Waals surface area contributed by atoms with Gasteiger partial charge in [-0.1, -0.05) is 47.6 Å². The lowest BCUT2D eigenvalue weighted by Gasteiger charge is -2.13. The van der Waals surface area contributed by atoms with Crippen LogP contribution in [0.1, 0.15) is 22.6 Å². The maximum absolute atomic E-state index is 11.0. The molecule has 0 amide bonds. The summed E-state index contributed by atoms with van der Waals surface area (Å²) in [5.74, 6) is -0.508. The van der Waals surface area contributed by atoms with Crippen LogP contribution in [0.2, 0.25) is 0 Å². The molecule has 1 aliphatic carbocycles. The van der Waals surface area contributed by atoms with Crippen LogP contribution in [0.15, 0.2) is 51.7 Å². The van der Waals surface area contributed by atoms with Crippen molar-refractivity contribution < 1.29 is 9.15 Å². The molecule has 1 aliphatic rings. The highest BCUT2D eigenvalue weighted by atomic mass is 16.6. The van der Waals surface area contributed by atoms with Crippen molar-refractivity contribution in [2.24, 2.45) is 0 Å². The summed E-state index contributed by atoms with van der Waals surface area (Å²) in [5.41, 5.74) is 6.23. The Balaban J connectivity index is 1.73. The van der Waals surface area contributed by atoms with Crippen LogP contribution < -0.4 is 10.5 Å². The monoisotopic (exact) mass is 294 g/mol. The minimum absolute atomic E-state index is 0.0245. The quantitative estimate of drug-likeness (QED) is 0.806. The molecule has 3 aromatic rings. The fourth-order valence-electron chi connectivity index (χ4n) is 3.16. The molecule has 1 heterocycles. The van der Waals surface area contributed by atoms with Crippen molar-refractivity contribution in [2.45, 2.75) is 12.8 Å². The second-order valence-corrected chi connectivity index (χ2v) is 5.37. The molecular formula is C17H14N2O3. The summed E-state index contributed by atoms with van der Waals surface area (Å²) in [4.78, 5) is 11.0. The molecule has 0 radical (unpaired) electrons. The average Bonchev–Trinajstić information content (AvgIpc) is 3.07. The molecule has 22 heavy (non-hydrogen) atoms. The van der Waals surface area contributed by atoms with Crippen molar-refractivity contribution in [3.63, 3.8) is 0 Å². The van der Waals surface area contributed by atoms with Gasteiger partial charge in [0.05, 0.1) is 0 Å². The molecule has 0 spiro atoms. The number of nitrogens with zero attached hydrogens (tertiary/aromatic N) is 1. The van der Waals surface area contributed by atoms with Crippen LogP contribution in [-0.2, 0) is 0 Å². The molecule has 1 N–H and O–H groups in total. The van der Waals surface area contributed by atoms with Gasteiger partial charge in [0.25, 0.3) is 0 Å². The SMILES string of the molecule is Cc1cccc2c1-c1ccccc1C2COc1n[nH]c(=O)o1. The molecule has 0 bridgehead atoms. The Hall–Kier alpha value is -2.82. The molecule has 1 aromatic heterocycles. The number of hydrogen-bond acceptors (Lipinski definition) is 4. The number of aromatic amines is 1. The summed E-state index contributed by atoms with van der Waals surface area (Å²) in [6.45, 7) is 2.49. The highest BCUT2D eigenvalue weighted by molar-refractivity contribution is 5.81. The molecule has 1 atom stereocenters. The molecule has 4 rings (SSSR count). The zero-order chi connectivity index (χ0) is 15.1. The Morgan fingerprint density at radius 3 is 2.82 bits per heavy atom. The Bertz CT molecular complexity index is 895. The Kier molecular flexibility index (Phi) is 2.85. The van der Waals surface area contributed by atoms with Crippen LogP contribution in [0.3, 0.4) is 0 Å². The zero-order valence-electron chi connectivity index (χ0n) is 12.0. The van der Waals surface area contributed by atoms with E-state index >= 15 is 0 Å². The van der Waals surface area contributed by atoms with Crippen molar-refractivity contribution in [1.29, 1.82) is 0 Å². The summed E-state index contributed by atoms with van der Waals surface area (Å²) < 4.78 is 10.4. The molecule has 0 saturated carbocycles. The molecule has 0 fully saturated rings. The molecule has 0 saturated heterocycles. The minimum atomic E-state index is -0.613. The molecule has 5 nitrogen and oxygen atoms in total. The largest absolute Gasteiger partial charge is 0.448 e. The third-order valence-electron chi connectivity index (χ3n) is 4.08. The second-order valence-electron chi connectivity index (χ2n) is 5.37. The number of aryl methyl sites for hydroxylation is 1. The first-order valence-corrected chi connectivity index (χ1v) is 7.11. The topological polar surface area (TPSA) is 68.1 Å². The third kappa shape index (κ3) is 1.94. The van der Waals surface area contributed by atoms with E-state index in [4.69, 9.17) is 9.15 Å². The summed E-state index contributed by atoms with van der Waals surface area (Å²) in [7, 11) is 0. The van der Waals surface area contributed by atoms with Crippen molar-refractivity contribution in [3.8, 4) is 17.2 Å². The number of nitrogens with one attached hydrogen (secondary N) is 1. The molecule has 5 heteroatoms. The lowest BCUT2D eigenvalue weighted by molar-refractivity contribution is 0.218. The molecule has 2 aromatic carbocycles. The highest BCUT2D eigenvalue weighted by Crippen LogP contribution is 2.46. The summed E-state index contributed by atoms with van der Waals surface area (Å²) in [6, 6.07) is 14.6. The van der Waals surface area contributed by atoms with Gasteiger partial charge in [-0.3, -0.25) is 0 Å². The predicted molar refractivity (Wildman–Crippen MR) is 81.1 cm³/mol. The van der Waals surface area contributed by atoms with Crippen LogP contribution in [-0.4, -0.2) is 16.8 Å². The van der Waals surface area contributed by atoms with E-state index in [0.717, 1.165) is 0 Å². The van der Waals surface area contributed by atoms with Gasteiger partial charge in [0.1, 0.15) is 6.61 Å². The first kappa shape index (κ1) is 12.9. The number of hydrogen-bond donors (Lipinski definition) is 1. The van der Waals surface area contributed by atoms with Gasteiger partial charge >= 0.3 is 11.8 Å². The van der Waals surface area contributed by atoms with Gasteiger partial charge in [-0.25, -0.2) is 9.89 Å². The van der Waals surface area contributed by atoms with Gasteiger partial charge in [-0.2, -0.15) is 0 Å². The normalized spacial score (nSPS) is 15.4. The van der Waals surface area contributed by atoms with Crippen molar-refractivity contribution in [2.75, 3.05) is 6.61 Å². The second kappa shape index (κ2) is 4.87. The van der Waals surface area contributed by atoms with E-state index in [9.17, 15) is 4.79 Å². The minimum Gasteiger partial charge on any atom is -0.448 e. The van der Waals surface area contributed by atoms with E-state index < -0.39 is 5.76 Å². The fraction of sp³-hybridized carbons (Fsp3) is 0.176. The fourth-order valence-corrected chi connectivity index (χ4v) is 3.16. The Morgan fingerprint density at radius 2 is 2.00 bits per heavy atom. The van der Waals surface area contributed by atoms with Crippen molar-refractivity contribution in [3.05, 3.63) is 69.7 Å². The van der Waals surface area contributed by atoms with Gasteiger partial charge in [-0.15, -0.1) is 0 Å². The van der Waals surface area contributed by atoms with Gasteiger partial charge in [0.2, 0.25) is 0 Å². The maximum Gasteiger partial charge on any atom is 0.436 e. The van der Waals surface area contributed by atoms with E-state index in [1.807, 2.05) is 12.1 Å². The van der Waals surface area contributed by atoms with Gasteiger partial charge in [0, 0.05) is 5.92 Å². The molecule has 110 valence electrons. The first-order chi connectivity index (χ1) is 10.7. The number of ether oxygens (including phenoxy) is 1. The zero-order valence-corrected chi connectivity index (χ0v) is 12.0. The molecule has 0 aliphatic heterocycles. The molecule has 1 unspecified atom stereocenters. The van der Waals surface area contributed by atoms with Crippen LogP contribution in [0.25, 0.3) is 11.1 Å². The number of rotatable bonds is 3. The van der Waals surface area contributed by atoms with E-state index in [-0.39, 0.29) is 12.0 Å². The van der Waals surface area contributed by atoms with Crippen LogP contribution in [0.4, 0.5) is 0 Å². The standard InChI is InChI=1S/C17H14N2O3/c1-10-5-4-8-13-14(9-21-17-19-18-16(20)22-17)11-6-2-3-7-12(11)15(10)13/h2-8,14H,9H2,1H3,(H,18,20). The Labute approximate surface area is 126 Å². The summed E-state index contributed by atoms with van der Waals surface area (Å²) >= 11 is 0. The summed E-state index contributed by atoms with van der Waals surface area (Å²) in [5, 5.41) is 5.87. The van der Waals surface area contributed by atoms with E-state index in [2.05, 4.69) is 47.5 Å². The Morgan fingerprint density at radius 1 is 1.18 bits per heavy atom. The number of aromatic nitrogens is 2.